The minimum Gasteiger partial charge on any atom is -0.361 e. The van der Waals surface area contributed by atoms with E-state index in [0.29, 0.717) is 25.4 Å². The number of hydrogen-bond donors (Lipinski definition) is 2. The van der Waals surface area contributed by atoms with Crippen molar-refractivity contribution in [2.45, 2.75) is 19.5 Å². The van der Waals surface area contributed by atoms with Crippen molar-refractivity contribution in [3.63, 3.8) is 0 Å². The lowest BCUT2D eigenvalue weighted by Crippen LogP contribution is -2.45. The monoisotopic (exact) mass is 343 g/mol. The Bertz CT molecular complexity index is 746. The summed E-state index contributed by atoms with van der Waals surface area (Å²) in [7, 11) is 1.60. The van der Waals surface area contributed by atoms with Gasteiger partial charge < -0.3 is 15.2 Å². The van der Waals surface area contributed by atoms with Crippen LogP contribution in [-0.4, -0.2) is 53.0 Å². The van der Waals surface area contributed by atoms with Gasteiger partial charge in [-0.05, 0) is 24.6 Å². The van der Waals surface area contributed by atoms with Gasteiger partial charge in [0.25, 0.3) is 5.91 Å². The topological polar surface area (TPSA) is 100 Å². The summed E-state index contributed by atoms with van der Waals surface area (Å²) in [5.74, 6) is -0.164. The Balaban J connectivity index is 1.69. The number of aromatic nitrogens is 2. The molecule has 2 N–H and O–H groups in total. The van der Waals surface area contributed by atoms with E-state index in [4.69, 9.17) is 4.52 Å². The second-order valence-electron chi connectivity index (χ2n) is 6.17. The fourth-order valence-corrected chi connectivity index (χ4v) is 3.07. The molecule has 2 atom stereocenters. The van der Waals surface area contributed by atoms with Crippen molar-refractivity contribution < 1.29 is 14.1 Å². The maximum absolute atomic E-state index is 12.3. The molecule has 2 aromatic heterocycles. The summed E-state index contributed by atoms with van der Waals surface area (Å²) in [4.78, 5) is 30.7. The first kappa shape index (κ1) is 17.1. The Labute approximate surface area is 145 Å². The third-order valence-corrected chi connectivity index (χ3v) is 4.31. The van der Waals surface area contributed by atoms with Crippen molar-refractivity contribution in [1.29, 1.82) is 0 Å². The second kappa shape index (κ2) is 7.43. The molecule has 3 heterocycles. The number of rotatable bonds is 5. The third-order valence-electron chi connectivity index (χ3n) is 4.31. The maximum Gasteiger partial charge on any atom is 0.273 e. The van der Waals surface area contributed by atoms with Gasteiger partial charge in [-0.15, -0.1) is 0 Å². The van der Waals surface area contributed by atoms with E-state index < -0.39 is 0 Å². The van der Waals surface area contributed by atoms with Crippen LogP contribution in [0.2, 0.25) is 0 Å². The van der Waals surface area contributed by atoms with Gasteiger partial charge in [-0.2, -0.15) is 0 Å². The van der Waals surface area contributed by atoms with Gasteiger partial charge in [-0.3, -0.25) is 19.5 Å². The highest BCUT2D eigenvalue weighted by Gasteiger charge is 2.38. The molecular weight excluding hydrogens is 322 g/mol. The molecule has 2 aromatic rings. The van der Waals surface area contributed by atoms with Crippen LogP contribution in [0.5, 0.6) is 0 Å². The van der Waals surface area contributed by atoms with Crippen molar-refractivity contribution >= 4 is 11.8 Å². The molecule has 1 aliphatic heterocycles. The van der Waals surface area contributed by atoms with Gasteiger partial charge in [-0.1, -0.05) is 5.16 Å². The van der Waals surface area contributed by atoms with Crippen molar-refractivity contribution in [3.05, 3.63) is 47.6 Å². The lowest BCUT2D eigenvalue weighted by molar-refractivity contribution is -0.124. The number of nitrogens with one attached hydrogen (secondary N) is 2. The zero-order valence-electron chi connectivity index (χ0n) is 14.2. The normalized spacial score (nSPS) is 20.4. The van der Waals surface area contributed by atoms with Gasteiger partial charge in [0.1, 0.15) is 5.76 Å². The Morgan fingerprint density at radius 1 is 1.32 bits per heavy atom. The lowest BCUT2D eigenvalue weighted by atomic mass is 10.0. The van der Waals surface area contributed by atoms with Gasteiger partial charge in [0.2, 0.25) is 5.91 Å². The summed E-state index contributed by atoms with van der Waals surface area (Å²) < 4.78 is 4.94. The highest BCUT2D eigenvalue weighted by atomic mass is 16.5. The van der Waals surface area contributed by atoms with Crippen LogP contribution in [-0.2, 0) is 11.3 Å². The Morgan fingerprint density at radius 2 is 2.08 bits per heavy atom. The van der Waals surface area contributed by atoms with Crippen molar-refractivity contribution in [2.75, 3.05) is 20.1 Å². The van der Waals surface area contributed by atoms with Gasteiger partial charge in [0, 0.05) is 45.1 Å². The fourth-order valence-electron chi connectivity index (χ4n) is 3.07. The number of hydrogen-bond acceptors (Lipinski definition) is 6. The molecule has 0 bridgehead atoms. The molecular formula is C17H21N5O3. The molecule has 1 saturated heterocycles. The van der Waals surface area contributed by atoms with Crippen LogP contribution in [0.3, 0.4) is 0 Å². The van der Waals surface area contributed by atoms with Crippen LogP contribution in [0.15, 0.2) is 35.1 Å². The number of carbonyl (C=O) groups is 2. The largest absolute Gasteiger partial charge is 0.361 e. The number of aryl methyl sites for hydroxylation is 1. The van der Waals surface area contributed by atoms with E-state index in [1.54, 1.807) is 32.4 Å². The van der Waals surface area contributed by atoms with Crippen LogP contribution in [0.25, 0.3) is 0 Å². The van der Waals surface area contributed by atoms with Gasteiger partial charge >= 0.3 is 0 Å². The molecule has 0 radical (unpaired) electrons. The van der Waals surface area contributed by atoms with E-state index in [-0.39, 0.29) is 29.5 Å². The number of nitrogens with zero attached hydrogens (tertiary/aromatic N) is 3. The van der Waals surface area contributed by atoms with Crippen LogP contribution < -0.4 is 10.6 Å². The van der Waals surface area contributed by atoms with Crippen LogP contribution in [0, 0.1) is 12.8 Å². The van der Waals surface area contributed by atoms with Crippen molar-refractivity contribution in [1.82, 2.24) is 25.7 Å². The quantitative estimate of drug-likeness (QED) is 0.813. The van der Waals surface area contributed by atoms with Gasteiger partial charge in [0.05, 0.1) is 12.0 Å². The molecule has 0 aliphatic carbocycles. The summed E-state index contributed by atoms with van der Waals surface area (Å²) >= 11 is 0. The van der Waals surface area contributed by atoms with E-state index >= 15 is 0 Å². The average Bonchev–Trinajstić information content (AvgIpc) is 3.21. The number of amides is 2. The van der Waals surface area contributed by atoms with Crippen molar-refractivity contribution in [3.8, 4) is 0 Å². The predicted octanol–water partition coefficient (Wildman–Crippen LogP) is 0.354. The summed E-state index contributed by atoms with van der Waals surface area (Å²) in [6.45, 7) is 3.59. The molecule has 25 heavy (non-hydrogen) atoms. The molecule has 0 aromatic carbocycles. The van der Waals surface area contributed by atoms with Crippen LogP contribution in [0.4, 0.5) is 0 Å². The smallest absolute Gasteiger partial charge is 0.273 e. The first-order valence-electron chi connectivity index (χ1n) is 8.14. The van der Waals surface area contributed by atoms with E-state index in [1.165, 1.54) is 0 Å². The van der Waals surface area contributed by atoms with E-state index in [0.717, 1.165) is 5.56 Å². The molecule has 2 amide bonds. The minimum absolute atomic E-state index is 0.0844. The highest BCUT2D eigenvalue weighted by Crippen LogP contribution is 2.20. The lowest BCUT2D eigenvalue weighted by Gasteiger charge is -2.17. The third kappa shape index (κ3) is 4.03. The summed E-state index contributed by atoms with van der Waals surface area (Å²) in [5, 5.41) is 9.32. The molecule has 0 spiro atoms. The fraction of sp³-hybridized carbons (Fsp3) is 0.412. The molecule has 8 heteroatoms. The zero-order valence-corrected chi connectivity index (χ0v) is 14.2. The summed E-state index contributed by atoms with van der Waals surface area (Å²) in [6.07, 6.45) is 3.49. The molecule has 132 valence electrons. The first-order chi connectivity index (χ1) is 12.1. The predicted molar refractivity (Wildman–Crippen MR) is 89.6 cm³/mol. The number of likely N-dealkylation sites (tertiary alicyclic amines) is 1. The molecule has 3 rings (SSSR count). The maximum atomic E-state index is 12.3. The summed E-state index contributed by atoms with van der Waals surface area (Å²) in [6, 6.07) is 5.18. The summed E-state index contributed by atoms with van der Waals surface area (Å²) in [5.41, 5.74) is 1.34. The SMILES string of the molecule is CNC(=O)[C@H]1CN(Cc2ccncc2)C[C@@H]1NC(=O)c1cc(C)on1. The number of carbonyl (C=O) groups excluding carboxylic acids is 2. The first-order valence-corrected chi connectivity index (χ1v) is 8.14. The highest BCUT2D eigenvalue weighted by molar-refractivity contribution is 5.93. The van der Waals surface area contributed by atoms with Crippen LogP contribution >= 0.6 is 0 Å². The van der Waals surface area contributed by atoms with E-state index in [1.807, 2.05) is 12.1 Å². The molecule has 0 unspecified atom stereocenters. The zero-order chi connectivity index (χ0) is 17.8. The van der Waals surface area contributed by atoms with Gasteiger partial charge in [0.15, 0.2) is 5.69 Å². The Hall–Kier alpha value is -2.74. The number of pyridine rings is 1. The van der Waals surface area contributed by atoms with Crippen molar-refractivity contribution in [2.24, 2.45) is 5.92 Å². The Kier molecular flexibility index (Phi) is 5.08. The molecule has 8 nitrogen and oxygen atoms in total. The second-order valence-corrected chi connectivity index (χ2v) is 6.17. The van der Waals surface area contributed by atoms with E-state index in [9.17, 15) is 9.59 Å². The Morgan fingerprint density at radius 3 is 2.72 bits per heavy atom. The molecule has 1 fully saturated rings. The molecule has 0 saturated carbocycles. The van der Waals surface area contributed by atoms with Crippen LogP contribution in [0.1, 0.15) is 21.8 Å². The molecule has 1 aliphatic rings. The van der Waals surface area contributed by atoms with E-state index in [2.05, 4.69) is 25.7 Å². The minimum atomic E-state index is -0.332. The van der Waals surface area contributed by atoms with Gasteiger partial charge in [-0.25, -0.2) is 0 Å². The average molecular weight is 343 g/mol. The standard InChI is InChI=1S/C17H21N5O3/c1-11-7-14(21-25-11)17(24)20-15-10-22(9-13(15)16(23)18-2)8-12-3-5-19-6-4-12/h3-7,13,15H,8-10H2,1-2H3,(H,18,23)(H,20,24)/t13-,15-/m0/s1.